The summed E-state index contributed by atoms with van der Waals surface area (Å²) < 4.78 is 5.05. The lowest BCUT2D eigenvalue weighted by Gasteiger charge is -2.46. The summed E-state index contributed by atoms with van der Waals surface area (Å²) in [5, 5.41) is 0. The minimum Gasteiger partial charge on any atom is -0.383 e. The van der Waals surface area contributed by atoms with Gasteiger partial charge in [0, 0.05) is 38.8 Å². The SMILES string of the molecule is COCCN(C)C1CN(C(C)C)C1. The summed E-state index contributed by atoms with van der Waals surface area (Å²) >= 11 is 0. The summed E-state index contributed by atoms with van der Waals surface area (Å²) in [5.74, 6) is 0. The summed E-state index contributed by atoms with van der Waals surface area (Å²) in [7, 11) is 3.94. The molecule has 0 radical (unpaired) electrons. The molecule has 0 spiro atoms. The van der Waals surface area contributed by atoms with Gasteiger partial charge < -0.3 is 4.74 Å². The van der Waals surface area contributed by atoms with Crippen molar-refractivity contribution >= 4 is 0 Å². The molecule has 0 amide bonds. The van der Waals surface area contributed by atoms with E-state index in [4.69, 9.17) is 4.74 Å². The second kappa shape index (κ2) is 4.94. The van der Waals surface area contributed by atoms with Crippen LogP contribution in [0.1, 0.15) is 13.8 Å². The molecule has 0 saturated carbocycles. The van der Waals surface area contributed by atoms with Crippen LogP contribution in [0.2, 0.25) is 0 Å². The number of methoxy groups -OCH3 is 1. The van der Waals surface area contributed by atoms with Gasteiger partial charge in [-0.05, 0) is 20.9 Å². The van der Waals surface area contributed by atoms with Gasteiger partial charge in [-0.3, -0.25) is 9.80 Å². The lowest BCUT2D eigenvalue weighted by Crippen LogP contribution is -2.60. The number of likely N-dealkylation sites (tertiary alicyclic amines) is 1. The van der Waals surface area contributed by atoms with Gasteiger partial charge in [0.2, 0.25) is 0 Å². The zero-order valence-electron chi connectivity index (χ0n) is 9.29. The van der Waals surface area contributed by atoms with Gasteiger partial charge in [-0.15, -0.1) is 0 Å². The molecule has 0 atom stereocenters. The van der Waals surface area contributed by atoms with Crippen LogP contribution in [0, 0.1) is 0 Å². The molecule has 0 aromatic heterocycles. The van der Waals surface area contributed by atoms with Crippen molar-refractivity contribution in [3.05, 3.63) is 0 Å². The first-order chi connectivity index (χ1) is 6.15. The number of likely N-dealkylation sites (N-methyl/N-ethyl adjacent to an activating group) is 1. The highest BCUT2D eigenvalue weighted by Crippen LogP contribution is 2.15. The van der Waals surface area contributed by atoms with E-state index in [0.717, 1.165) is 19.2 Å². The molecular formula is C10H22N2O. The van der Waals surface area contributed by atoms with Crippen molar-refractivity contribution in [2.75, 3.05) is 40.4 Å². The van der Waals surface area contributed by atoms with Crippen LogP contribution >= 0.6 is 0 Å². The van der Waals surface area contributed by atoms with Crippen molar-refractivity contribution in [1.29, 1.82) is 0 Å². The van der Waals surface area contributed by atoms with E-state index in [-0.39, 0.29) is 0 Å². The third-order valence-corrected chi connectivity index (χ3v) is 2.89. The number of ether oxygens (including phenoxy) is 1. The van der Waals surface area contributed by atoms with Crippen LogP contribution in [-0.2, 0) is 4.74 Å². The Hall–Kier alpha value is -0.120. The Labute approximate surface area is 81.7 Å². The fraction of sp³-hybridized carbons (Fsp3) is 1.00. The molecule has 1 rings (SSSR count). The molecule has 13 heavy (non-hydrogen) atoms. The number of nitrogens with zero attached hydrogens (tertiary/aromatic N) is 2. The van der Waals surface area contributed by atoms with Crippen molar-refractivity contribution < 1.29 is 4.74 Å². The van der Waals surface area contributed by atoms with Gasteiger partial charge in [-0.25, -0.2) is 0 Å². The molecule has 0 aliphatic carbocycles. The summed E-state index contributed by atoms with van der Waals surface area (Å²) in [5.41, 5.74) is 0. The van der Waals surface area contributed by atoms with E-state index in [1.54, 1.807) is 7.11 Å². The maximum atomic E-state index is 5.05. The van der Waals surface area contributed by atoms with Crippen LogP contribution in [0.5, 0.6) is 0 Å². The Balaban J connectivity index is 2.11. The fourth-order valence-electron chi connectivity index (χ4n) is 1.61. The molecule has 1 saturated heterocycles. The van der Waals surface area contributed by atoms with Gasteiger partial charge in [-0.2, -0.15) is 0 Å². The average molecular weight is 186 g/mol. The largest absolute Gasteiger partial charge is 0.383 e. The molecule has 1 aliphatic rings. The Morgan fingerprint density at radius 3 is 2.54 bits per heavy atom. The highest BCUT2D eigenvalue weighted by molar-refractivity contribution is 4.88. The van der Waals surface area contributed by atoms with Crippen LogP contribution in [0.15, 0.2) is 0 Å². The third-order valence-electron chi connectivity index (χ3n) is 2.89. The lowest BCUT2D eigenvalue weighted by atomic mass is 10.1. The van der Waals surface area contributed by atoms with E-state index >= 15 is 0 Å². The zero-order chi connectivity index (χ0) is 9.84. The first-order valence-electron chi connectivity index (χ1n) is 5.08. The second-order valence-corrected chi connectivity index (χ2v) is 4.17. The van der Waals surface area contributed by atoms with E-state index in [1.807, 2.05) is 0 Å². The van der Waals surface area contributed by atoms with E-state index in [0.29, 0.717) is 6.04 Å². The molecular weight excluding hydrogens is 164 g/mol. The molecule has 0 N–H and O–H groups in total. The van der Waals surface area contributed by atoms with Gasteiger partial charge in [0.1, 0.15) is 0 Å². The maximum absolute atomic E-state index is 5.05. The average Bonchev–Trinajstić information content (AvgIpc) is 1.97. The van der Waals surface area contributed by atoms with Crippen LogP contribution < -0.4 is 0 Å². The standard InChI is InChI=1S/C10H22N2O/c1-9(2)12-7-10(8-12)11(3)5-6-13-4/h9-10H,5-8H2,1-4H3. The predicted molar refractivity (Wildman–Crippen MR) is 55.0 cm³/mol. The smallest absolute Gasteiger partial charge is 0.0589 e. The normalized spacial score (nSPS) is 19.8. The second-order valence-electron chi connectivity index (χ2n) is 4.17. The number of hydrogen-bond acceptors (Lipinski definition) is 3. The topological polar surface area (TPSA) is 15.7 Å². The third kappa shape index (κ3) is 2.93. The van der Waals surface area contributed by atoms with Crippen LogP contribution in [-0.4, -0.2) is 62.3 Å². The van der Waals surface area contributed by atoms with Crippen LogP contribution in [0.25, 0.3) is 0 Å². The summed E-state index contributed by atoms with van der Waals surface area (Å²) in [6, 6.07) is 1.45. The summed E-state index contributed by atoms with van der Waals surface area (Å²) in [6.45, 7) is 8.84. The number of rotatable bonds is 5. The zero-order valence-corrected chi connectivity index (χ0v) is 9.29. The van der Waals surface area contributed by atoms with Gasteiger partial charge in [0.15, 0.2) is 0 Å². The molecule has 3 nitrogen and oxygen atoms in total. The monoisotopic (exact) mass is 186 g/mol. The van der Waals surface area contributed by atoms with E-state index in [2.05, 4.69) is 30.7 Å². The van der Waals surface area contributed by atoms with E-state index < -0.39 is 0 Å². The van der Waals surface area contributed by atoms with Gasteiger partial charge in [-0.1, -0.05) is 0 Å². The van der Waals surface area contributed by atoms with Crippen LogP contribution in [0.3, 0.4) is 0 Å². The van der Waals surface area contributed by atoms with Crippen LogP contribution in [0.4, 0.5) is 0 Å². The first kappa shape index (κ1) is 11.0. The van der Waals surface area contributed by atoms with Crippen molar-refractivity contribution in [3.8, 4) is 0 Å². The maximum Gasteiger partial charge on any atom is 0.0589 e. The molecule has 0 unspecified atom stereocenters. The van der Waals surface area contributed by atoms with E-state index in [9.17, 15) is 0 Å². The molecule has 1 fully saturated rings. The molecule has 1 aliphatic heterocycles. The molecule has 78 valence electrons. The lowest BCUT2D eigenvalue weighted by molar-refractivity contribution is 0.0166. The van der Waals surface area contributed by atoms with Gasteiger partial charge >= 0.3 is 0 Å². The first-order valence-corrected chi connectivity index (χ1v) is 5.08. The number of hydrogen-bond donors (Lipinski definition) is 0. The molecule has 0 aromatic rings. The van der Waals surface area contributed by atoms with Gasteiger partial charge in [0.05, 0.1) is 6.61 Å². The van der Waals surface area contributed by atoms with Gasteiger partial charge in [0.25, 0.3) is 0 Å². The van der Waals surface area contributed by atoms with Crippen molar-refractivity contribution in [2.24, 2.45) is 0 Å². The highest BCUT2D eigenvalue weighted by atomic mass is 16.5. The quantitative estimate of drug-likeness (QED) is 0.627. The van der Waals surface area contributed by atoms with E-state index in [1.165, 1.54) is 13.1 Å². The van der Waals surface area contributed by atoms with Crippen molar-refractivity contribution in [2.45, 2.75) is 25.9 Å². The Morgan fingerprint density at radius 2 is 2.08 bits per heavy atom. The summed E-state index contributed by atoms with van der Waals surface area (Å²) in [4.78, 5) is 4.89. The predicted octanol–water partition coefficient (Wildman–Crippen LogP) is 0.657. The Bertz CT molecular complexity index is 144. The molecule has 1 heterocycles. The van der Waals surface area contributed by atoms with Crippen molar-refractivity contribution in [3.63, 3.8) is 0 Å². The minimum absolute atomic E-state index is 0.701. The Morgan fingerprint density at radius 1 is 1.46 bits per heavy atom. The fourth-order valence-corrected chi connectivity index (χ4v) is 1.61. The highest BCUT2D eigenvalue weighted by Gasteiger charge is 2.30. The summed E-state index contributed by atoms with van der Waals surface area (Å²) in [6.07, 6.45) is 0. The Kier molecular flexibility index (Phi) is 4.16. The molecule has 3 heteroatoms. The van der Waals surface area contributed by atoms with Crippen molar-refractivity contribution in [1.82, 2.24) is 9.80 Å². The molecule has 0 aromatic carbocycles. The molecule has 0 bridgehead atoms. The minimum atomic E-state index is 0.701.